The summed E-state index contributed by atoms with van der Waals surface area (Å²) in [4.78, 5) is 48.1. The zero-order chi connectivity index (χ0) is 23.3. The smallest absolute Gasteiger partial charge is 0.326 e. The van der Waals surface area contributed by atoms with Gasteiger partial charge in [-0.05, 0) is 37.3 Å². The number of esters is 1. The first kappa shape index (κ1) is 23.2. The van der Waals surface area contributed by atoms with E-state index in [2.05, 4.69) is 16.0 Å². The van der Waals surface area contributed by atoms with Crippen LogP contribution in [0.4, 0.5) is 11.4 Å². The summed E-state index contributed by atoms with van der Waals surface area (Å²) in [5, 5.41) is 8.78. The maximum Gasteiger partial charge on any atom is 0.326 e. The van der Waals surface area contributed by atoms with Crippen LogP contribution < -0.4 is 16.0 Å². The molecule has 3 amide bonds. The molecule has 166 valence electrons. The molecule has 0 aliphatic heterocycles. The first-order valence-electron chi connectivity index (χ1n) is 9.58. The lowest BCUT2D eigenvalue weighted by Crippen LogP contribution is -2.35. The van der Waals surface area contributed by atoms with Crippen LogP contribution in [0.15, 0.2) is 48.5 Å². The van der Waals surface area contributed by atoms with E-state index in [9.17, 15) is 19.2 Å². The van der Waals surface area contributed by atoms with E-state index >= 15 is 0 Å². The second-order valence-corrected chi connectivity index (χ2v) is 8.23. The van der Waals surface area contributed by atoms with Gasteiger partial charge < -0.3 is 20.7 Å². The third-order valence-corrected chi connectivity index (χ3v) is 5.96. The number of halogens is 1. The quantitative estimate of drug-likeness (QED) is 0.451. The molecule has 1 aromatic heterocycles. The highest BCUT2D eigenvalue weighted by atomic mass is 35.5. The fourth-order valence-corrected chi connectivity index (χ4v) is 4.20. The molecule has 0 saturated carbocycles. The van der Waals surface area contributed by atoms with Crippen molar-refractivity contribution in [3.63, 3.8) is 0 Å². The van der Waals surface area contributed by atoms with Crippen LogP contribution in [0, 0.1) is 0 Å². The lowest BCUT2D eigenvalue weighted by Gasteiger charge is -2.14. The average Bonchev–Trinajstić information content (AvgIpc) is 3.10. The van der Waals surface area contributed by atoms with E-state index in [1.165, 1.54) is 25.2 Å². The summed E-state index contributed by atoms with van der Waals surface area (Å²) in [5.74, 6) is -2.00. The van der Waals surface area contributed by atoms with Gasteiger partial charge in [0.15, 0.2) is 6.10 Å². The Morgan fingerprint density at radius 1 is 1.00 bits per heavy atom. The van der Waals surface area contributed by atoms with E-state index in [0.717, 1.165) is 10.1 Å². The summed E-state index contributed by atoms with van der Waals surface area (Å²) < 4.78 is 5.95. The van der Waals surface area contributed by atoms with Crippen molar-refractivity contribution < 1.29 is 23.9 Å². The SMILES string of the molecule is CC(=O)Nc1ccc(NC(=O)[C@H](C)OC(=O)CNC(=O)c2sc3ccccc3c2Cl)cc1. The molecule has 3 rings (SSSR count). The third kappa shape index (κ3) is 5.83. The minimum atomic E-state index is -1.08. The number of thiophene rings is 1. The molecule has 0 saturated heterocycles. The number of fused-ring (bicyclic) bond motifs is 1. The molecule has 3 aromatic rings. The molecule has 0 bridgehead atoms. The maximum atomic E-state index is 12.4. The molecular weight excluding hydrogens is 454 g/mol. The Morgan fingerprint density at radius 3 is 2.25 bits per heavy atom. The Kier molecular flexibility index (Phi) is 7.45. The van der Waals surface area contributed by atoms with Gasteiger partial charge in [0.25, 0.3) is 11.8 Å². The number of anilines is 2. The minimum absolute atomic E-state index is 0.205. The van der Waals surface area contributed by atoms with Gasteiger partial charge in [-0.3, -0.25) is 19.2 Å². The van der Waals surface area contributed by atoms with Gasteiger partial charge in [0.2, 0.25) is 5.91 Å². The third-order valence-electron chi connectivity index (χ3n) is 4.28. The fourth-order valence-electron chi connectivity index (χ4n) is 2.77. The fraction of sp³-hybridized carbons (Fsp3) is 0.182. The minimum Gasteiger partial charge on any atom is -0.451 e. The summed E-state index contributed by atoms with van der Waals surface area (Å²) >= 11 is 7.49. The molecule has 0 aliphatic carbocycles. The highest BCUT2D eigenvalue weighted by molar-refractivity contribution is 7.21. The van der Waals surface area contributed by atoms with E-state index in [-0.39, 0.29) is 5.91 Å². The number of benzene rings is 2. The Bertz CT molecular complexity index is 1180. The summed E-state index contributed by atoms with van der Waals surface area (Å²) in [6.07, 6.45) is -1.08. The topological polar surface area (TPSA) is 114 Å². The van der Waals surface area contributed by atoms with Crippen molar-refractivity contribution >= 4 is 68.1 Å². The van der Waals surface area contributed by atoms with E-state index in [1.54, 1.807) is 24.3 Å². The highest BCUT2D eigenvalue weighted by Crippen LogP contribution is 2.34. The van der Waals surface area contributed by atoms with Crippen LogP contribution >= 0.6 is 22.9 Å². The van der Waals surface area contributed by atoms with E-state index in [1.807, 2.05) is 24.3 Å². The summed E-state index contributed by atoms with van der Waals surface area (Å²) in [6.45, 7) is 2.40. The van der Waals surface area contributed by atoms with Crippen molar-refractivity contribution in [2.75, 3.05) is 17.2 Å². The van der Waals surface area contributed by atoms with Gasteiger partial charge >= 0.3 is 5.97 Å². The molecule has 0 unspecified atom stereocenters. The second-order valence-electron chi connectivity index (χ2n) is 6.80. The molecule has 1 atom stereocenters. The number of carbonyl (C=O) groups excluding carboxylic acids is 4. The number of rotatable bonds is 7. The predicted octanol–water partition coefficient (Wildman–Crippen LogP) is 3.81. The molecule has 0 fully saturated rings. The summed E-state index contributed by atoms with van der Waals surface area (Å²) in [5.41, 5.74) is 1.06. The number of ether oxygens (including phenoxy) is 1. The first-order valence-corrected chi connectivity index (χ1v) is 10.8. The molecule has 2 aromatic carbocycles. The largest absolute Gasteiger partial charge is 0.451 e. The molecule has 32 heavy (non-hydrogen) atoms. The van der Waals surface area contributed by atoms with Gasteiger partial charge in [-0.25, -0.2) is 0 Å². The molecule has 8 nitrogen and oxygen atoms in total. The van der Waals surface area contributed by atoms with Crippen molar-refractivity contribution in [1.29, 1.82) is 0 Å². The van der Waals surface area contributed by atoms with Crippen molar-refractivity contribution in [1.82, 2.24) is 5.32 Å². The van der Waals surface area contributed by atoms with Crippen molar-refractivity contribution in [2.24, 2.45) is 0 Å². The molecule has 3 N–H and O–H groups in total. The zero-order valence-electron chi connectivity index (χ0n) is 17.2. The number of nitrogens with one attached hydrogen (secondary N) is 3. The highest BCUT2D eigenvalue weighted by Gasteiger charge is 2.21. The summed E-state index contributed by atoms with van der Waals surface area (Å²) in [7, 11) is 0. The number of hydrogen-bond acceptors (Lipinski definition) is 6. The van der Waals surface area contributed by atoms with Gasteiger partial charge in [-0.1, -0.05) is 29.8 Å². The van der Waals surface area contributed by atoms with E-state index in [0.29, 0.717) is 21.3 Å². The van der Waals surface area contributed by atoms with Gasteiger partial charge in [0, 0.05) is 28.4 Å². The van der Waals surface area contributed by atoms with E-state index < -0.39 is 30.4 Å². The van der Waals surface area contributed by atoms with Crippen molar-refractivity contribution in [3.8, 4) is 0 Å². The Labute approximate surface area is 192 Å². The van der Waals surface area contributed by atoms with Gasteiger partial charge in [-0.15, -0.1) is 11.3 Å². The number of hydrogen-bond donors (Lipinski definition) is 3. The van der Waals surface area contributed by atoms with Crippen molar-refractivity contribution in [3.05, 3.63) is 58.4 Å². The standard InChI is InChI=1S/C22H20ClN3O5S/c1-12(21(29)26-15-9-7-14(8-10-15)25-13(2)27)31-18(28)11-24-22(30)20-19(23)16-5-3-4-6-17(16)32-20/h3-10,12H,11H2,1-2H3,(H,24,30)(H,25,27)(H,26,29)/t12-/m0/s1. The number of carbonyl (C=O) groups is 4. The van der Waals surface area contributed by atoms with Crippen LogP contribution in [0.3, 0.4) is 0 Å². The van der Waals surface area contributed by atoms with Crippen LogP contribution in [-0.2, 0) is 19.1 Å². The van der Waals surface area contributed by atoms with Gasteiger partial charge in [0.1, 0.15) is 11.4 Å². The molecule has 0 radical (unpaired) electrons. The summed E-state index contributed by atoms with van der Waals surface area (Å²) in [6, 6.07) is 13.8. The van der Waals surface area contributed by atoms with E-state index in [4.69, 9.17) is 16.3 Å². The zero-order valence-corrected chi connectivity index (χ0v) is 18.8. The molecule has 1 heterocycles. The lowest BCUT2D eigenvalue weighted by molar-refractivity contribution is -0.152. The molecule has 0 aliphatic rings. The Hall–Kier alpha value is -3.43. The van der Waals surface area contributed by atoms with Gasteiger partial charge in [0.05, 0.1) is 5.02 Å². The maximum absolute atomic E-state index is 12.4. The Balaban J connectivity index is 1.49. The van der Waals surface area contributed by atoms with Crippen LogP contribution in [0.25, 0.3) is 10.1 Å². The van der Waals surface area contributed by atoms with Crippen molar-refractivity contribution in [2.45, 2.75) is 20.0 Å². The van der Waals surface area contributed by atoms with Crippen LogP contribution in [0.5, 0.6) is 0 Å². The molecule has 0 spiro atoms. The second kappa shape index (κ2) is 10.3. The van der Waals surface area contributed by atoms with Crippen LogP contribution in [0.1, 0.15) is 23.5 Å². The lowest BCUT2D eigenvalue weighted by atomic mass is 10.2. The molecular formula is C22H20ClN3O5S. The Morgan fingerprint density at radius 2 is 1.62 bits per heavy atom. The monoisotopic (exact) mass is 473 g/mol. The predicted molar refractivity (Wildman–Crippen MR) is 124 cm³/mol. The molecule has 10 heteroatoms. The van der Waals surface area contributed by atoms with Gasteiger partial charge in [-0.2, -0.15) is 0 Å². The van der Waals surface area contributed by atoms with Crippen LogP contribution in [-0.4, -0.2) is 36.3 Å². The number of amides is 3. The van der Waals surface area contributed by atoms with Crippen LogP contribution in [0.2, 0.25) is 5.02 Å². The first-order chi connectivity index (χ1) is 15.2. The average molecular weight is 474 g/mol. The normalized spacial score (nSPS) is 11.5.